The minimum atomic E-state index is -3.64. The van der Waals surface area contributed by atoms with Gasteiger partial charge in [0.2, 0.25) is 15.9 Å². The molecule has 0 radical (unpaired) electrons. The highest BCUT2D eigenvalue weighted by Crippen LogP contribution is 2.23. The summed E-state index contributed by atoms with van der Waals surface area (Å²) >= 11 is 0. The normalized spacial score (nSPS) is 16.0. The van der Waals surface area contributed by atoms with Gasteiger partial charge in [-0.1, -0.05) is 44.2 Å². The molecule has 1 aliphatic heterocycles. The van der Waals surface area contributed by atoms with Crippen molar-refractivity contribution in [2.24, 2.45) is 5.92 Å². The molecule has 1 saturated heterocycles. The molecule has 1 atom stereocenters. The number of aryl methyl sites for hydroxylation is 3. The van der Waals surface area contributed by atoms with E-state index in [0.717, 1.165) is 11.1 Å². The lowest BCUT2D eigenvalue weighted by molar-refractivity contribution is -0.135. The molecular formula is C25H33N3O4S. The zero-order valence-corrected chi connectivity index (χ0v) is 20.8. The fourth-order valence-corrected chi connectivity index (χ4v) is 5.76. The van der Waals surface area contributed by atoms with Crippen molar-refractivity contribution in [1.82, 2.24) is 14.5 Å². The third-order valence-electron chi connectivity index (χ3n) is 6.12. The minimum absolute atomic E-state index is 0.109. The number of piperazine rings is 1. The van der Waals surface area contributed by atoms with Crippen LogP contribution in [0.4, 0.5) is 0 Å². The molecule has 33 heavy (non-hydrogen) atoms. The van der Waals surface area contributed by atoms with Crippen molar-refractivity contribution in [3.63, 3.8) is 0 Å². The molecule has 3 rings (SSSR count). The van der Waals surface area contributed by atoms with Gasteiger partial charge in [-0.25, -0.2) is 8.42 Å². The van der Waals surface area contributed by atoms with Crippen molar-refractivity contribution in [3.05, 3.63) is 64.7 Å². The summed E-state index contributed by atoms with van der Waals surface area (Å²) in [5.41, 5.74) is 2.98. The number of benzene rings is 2. The summed E-state index contributed by atoms with van der Waals surface area (Å²) < 4.78 is 27.8. The first-order chi connectivity index (χ1) is 15.5. The van der Waals surface area contributed by atoms with Gasteiger partial charge in [0, 0.05) is 31.7 Å². The van der Waals surface area contributed by atoms with Crippen LogP contribution in [-0.4, -0.2) is 61.7 Å². The fourth-order valence-electron chi connectivity index (χ4n) is 4.03. The van der Waals surface area contributed by atoms with Crippen molar-refractivity contribution >= 4 is 21.8 Å². The van der Waals surface area contributed by atoms with Crippen LogP contribution in [0.3, 0.4) is 0 Å². The molecule has 0 spiro atoms. The summed E-state index contributed by atoms with van der Waals surface area (Å²) in [6, 6.07) is 12.0. The molecule has 1 unspecified atom stereocenters. The molecule has 2 aromatic rings. The van der Waals surface area contributed by atoms with E-state index < -0.39 is 16.1 Å². The average molecular weight is 472 g/mol. The third-order valence-corrected chi connectivity index (χ3v) is 8.16. The summed E-state index contributed by atoms with van der Waals surface area (Å²) in [5, 5.41) is 2.89. The molecule has 1 fully saturated rings. The highest BCUT2D eigenvalue weighted by atomic mass is 32.2. The maximum atomic E-state index is 13.3. The van der Waals surface area contributed by atoms with Crippen LogP contribution in [0.5, 0.6) is 0 Å². The maximum absolute atomic E-state index is 13.3. The lowest BCUT2D eigenvalue weighted by Gasteiger charge is -2.37. The lowest BCUT2D eigenvalue weighted by atomic mass is 10.0. The molecule has 0 bridgehead atoms. The zero-order chi connectivity index (χ0) is 24.3. The molecule has 0 aliphatic carbocycles. The van der Waals surface area contributed by atoms with Crippen molar-refractivity contribution in [3.8, 4) is 0 Å². The van der Waals surface area contributed by atoms with Crippen LogP contribution in [0.2, 0.25) is 0 Å². The number of amides is 2. The van der Waals surface area contributed by atoms with Crippen LogP contribution in [0.1, 0.15) is 40.9 Å². The van der Waals surface area contributed by atoms with E-state index in [0.29, 0.717) is 16.0 Å². The lowest BCUT2D eigenvalue weighted by Crippen LogP contribution is -2.57. The number of nitrogens with one attached hydrogen (secondary N) is 1. The molecule has 0 aromatic heterocycles. The Morgan fingerprint density at radius 1 is 0.909 bits per heavy atom. The summed E-state index contributed by atoms with van der Waals surface area (Å²) in [6.45, 7) is 10.3. The second-order valence-corrected chi connectivity index (χ2v) is 10.9. The number of rotatable bonds is 6. The van der Waals surface area contributed by atoms with E-state index in [9.17, 15) is 18.0 Å². The van der Waals surface area contributed by atoms with Gasteiger partial charge < -0.3 is 10.2 Å². The quantitative estimate of drug-likeness (QED) is 0.702. The molecule has 1 aliphatic rings. The van der Waals surface area contributed by atoms with Gasteiger partial charge in [0.1, 0.15) is 6.04 Å². The first kappa shape index (κ1) is 24.9. The number of hydrogen-bond acceptors (Lipinski definition) is 4. The smallest absolute Gasteiger partial charge is 0.252 e. The van der Waals surface area contributed by atoms with Gasteiger partial charge in [-0.15, -0.1) is 0 Å². The minimum Gasteiger partial charge on any atom is -0.340 e. The molecule has 2 amide bonds. The molecule has 1 N–H and O–H groups in total. The van der Waals surface area contributed by atoms with Gasteiger partial charge >= 0.3 is 0 Å². The van der Waals surface area contributed by atoms with Crippen LogP contribution in [-0.2, 0) is 14.8 Å². The Morgan fingerprint density at radius 3 is 2.15 bits per heavy atom. The Kier molecular flexibility index (Phi) is 7.59. The van der Waals surface area contributed by atoms with Crippen LogP contribution in [0.25, 0.3) is 0 Å². The van der Waals surface area contributed by atoms with E-state index in [1.165, 1.54) is 4.31 Å². The van der Waals surface area contributed by atoms with Crippen molar-refractivity contribution < 1.29 is 18.0 Å². The molecule has 0 saturated carbocycles. The summed E-state index contributed by atoms with van der Waals surface area (Å²) in [5.74, 6) is -0.575. The Labute approximate surface area is 196 Å². The van der Waals surface area contributed by atoms with Gasteiger partial charge in [0.05, 0.1) is 4.90 Å². The first-order valence-electron chi connectivity index (χ1n) is 11.2. The number of sulfonamides is 1. The Hall–Kier alpha value is -2.71. The van der Waals surface area contributed by atoms with Gasteiger partial charge in [-0.3, -0.25) is 9.59 Å². The first-order valence-corrected chi connectivity index (χ1v) is 12.7. The average Bonchev–Trinajstić information content (AvgIpc) is 2.78. The van der Waals surface area contributed by atoms with Gasteiger partial charge in [0.15, 0.2) is 0 Å². The largest absolute Gasteiger partial charge is 0.340 e. The fraction of sp³-hybridized carbons (Fsp3) is 0.440. The number of hydrogen-bond donors (Lipinski definition) is 1. The monoisotopic (exact) mass is 471 g/mol. The van der Waals surface area contributed by atoms with E-state index in [1.807, 2.05) is 52.0 Å². The maximum Gasteiger partial charge on any atom is 0.252 e. The predicted molar refractivity (Wildman–Crippen MR) is 129 cm³/mol. The zero-order valence-electron chi connectivity index (χ0n) is 20.0. The molecule has 2 aromatic carbocycles. The van der Waals surface area contributed by atoms with E-state index in [2.05, 4.69) is 5.32 Å². The number of nitrogens with zero attached hydrogens (tertiary/aromatic N) is 2. The molecule has 178 valence electrons. The topological polar surface area (TPSA) is 86.8 Å². The second kappa shape index (κ2) is 10.1. The van der Waals surface area contributed by atoms with Crippen molar-refractivity contribution in [2.75, 3.05) is 26.2 Å². The Balaban J connectivity index is 1.69. The third kappa shape index (κ3) is 5.45. The van der Waals surface area contributed by atoms with Crippen LogP contribution in [0, 0.1) is 26.7 Å². The summed E-state index contributed by atoms with van der Waals surface area (Å²) in [6.07, 6.45) is 0. The van der Waals surface area contributed by atoms with Crippen LogP contribution in [0.15, 0.2) is 47.4 Å². The van der Waals surface area contributed by atoms with E-state index >= 15 is 0 Å². The van der Waals surface area contributed by atoms with Crippen molar-refractivity contribution in [2.45, 2.75) is 45.6 Å². The second-order valence-electron chi connectivity index (χ2n) is 9.01. The van der Waals surface area contributed by atoms with Crippen LogP contribution >= 0.6 is 0 Å². The predicted octanol–water partition coefficient (Wildman–Crippen LogP) is 2.90. The summed E-state index contributed by atoms with van der Waals surface area (Å²) in [4.78, 5) is 28.0. The van der Waals surface area contributed by atoms with Crippen molar-refractivity contribution in [1.29, 1.82) is 0 Å². The molecule has 8 heteroatoms. The van der Waals surface area contributed by atoms with E-state index in [1.54, 1.807) is 30.0 Å². The molecular weight excluding hydrogens is 438 g/mol. The molecule has 7 nitrogen and oxygen atoms in total. The number of carbonyl (C=O) groups excluding carboxylic acids is 2. The van der Waals surface area contributed by atoms with E-state index in [-0.39, 0.29) is 43.9 Å². The summed E-state index contributed by atoms with van der Waals surface area (Å²) in [7, 11) is -3.64. The van der Waals surface area contributed by atoms with Gasteiger partial charge in [-0.2, -0.15) is 4.31 Å². The molecule has 1 heterocycles. The highest BCUT2D eigenvalue weighted by Gasteiger charge is 2.35. The Bertz CT molecular complexity index is 1140. The standard InChI is InChI=1S/C25H33N3O4S/c1-17(2)23(26-24(29)21-9-7-6-8-19(21)4)25(30)27-12-14-28(15-13-27)33(31,32)22-16-18(3)10-11-20(22)5/h6-11,16-17,23H,12-15H2,1-5H3,(H,26,29). The SMILES string of the molecule is Cc1ccc(C)c(S(=O)(=O)N2CCN(C(=O)C(NC(=O)c3ccccc3C)C(C)C)CC2)c1. The Morgan fingerprint density at radius 2 is 1.55 bits per heavy atom. The van der Waals surface area contributed by atoms with E-state index in [4.69, 9.17) is 0 Å². The van der Waals surface area contributed by atoms with Gasteiger partial charge in [-0.05, 0) is 55.5 Å². The van der Waals surface area contributed by atoms with Crippen LogP contribution < -0.4 is 5.32 Å². The number of carbonyl (C=O) groups is 2. The highest BCUT2D eigenvalue weighted by molar-refractivity contribution is 7.89. The van der Waals surface area contributed by atoms with Gasteiger partial charge in [0.25, 0.3) is 5.91 Å².